The second-order valence-corrected chi connectivity index (χ2v) is 12.9. The number of benzene rings is 1. The van der Waals surface area contributed by atoms with E-state index in [9.17, 15) is 23.1 Å². The van der Waals surface area contributed by atoms with Crippen LogP contribution in [-0.4, -0.2) is 80.9 Å². The number of carbonyl (C=O) groups excluding carboxylic acids is 2. The highest BCUT2D eigenvalue weighted by atomic mass is 32.2. The maximum absolute atomic E-state index is 13.4. The van der Waals surface area contributed by atoms with Gasteiger partial charge in [-0.05, 0) is 50.3 Å². The molecule has 12 heteroatoms. The minimum atomic E-state index is -3.68. The molecule has 3 heterocycles. The molecule has 2 aromatic rings. The Morgan fingerprint density at radius 1 is 1.22 bits per heavy atom. The van der Waals surface area contributed by atoms with Gasteiger partial charge in [-0.3, -0.25) is 14.3 Å². The summed E-state index contributed by atoms with van der Waals surface area (Å²) in [6.07, 6.45) is 1.72. The van der Waals surface area contributed by atoms with Crippen molar-refractivity contribution < 1.29 is 23.1 Å². The molecule has 196 valence electrons. The van der Waals surface area contributed by atoms with Crippen LogP contribution < -0.4 is 5.32 Å². The highest BCUT2D eigenvalue weighted by Gasteiger charge is 2.59. The monoisotopic (exact) mass is 526 g/mol. The first kappa shape index (κ1) is 25.4. The quantitative estimate of drug-likeness (QED) is 0.535. The van der Waals surface area contributed by atoms with E-state index < -0.39 is 26.3 Å². The van der Waals surface area contributed by atoms with E-state index in [0.717, 1.165) is 5.56 Å². The van der Waals surface area contributed by atoms with Crippen molar-refractivity contribution in [3.05, 3.63) is 52.3 Å². The Balaban J connectivity index is 1.29. The van der Waals surface area contributed by atoms with Gasteiger partial charge in [0.2, 0.25) is 10.0 Å². The molecule has 1 aliphatic carbocycles. The van der Waals surface area contributed by atoms with Gasteiger partial charge in [0.15, 0.2) is 5.69 Å². The summed E-state index contributed by atoms with van der Waals surface area (Å²) < 4.78 is 28.5. The number of carbonyl (C=O) groups is 2. The molecule has 11 nitrogen and oxygen atoms in total. The van der Waals surface area contributed by atoms with E-state index >= 15 is 0 Å². The predicted molar refractivity (Wildman–Crippen MR) is 133 cm³/mol. The summed E-state index contributed by atoms with van der Waals surface area (Å²) in [4.78, 5) is 27.9. The summed E-state index contributed by atoms with van der Waals surface area (Å²) in [5.74, 6) is -0.734. The molecule has 2 amide bonds. The lowest BCUT2D eigenvalue weighted by Crippen LogP contribution is -2.50. The number of hydrogen-bond acceptors (Lipinski definition) is 7. The van der Waals surface area contributed by atoms with E-state index in [1.54, 1.807) is 43.1 Å². The van der Waals surface area contributed by atoms with Crippen LogP contribution >= 0.6 is 0 Å². The number of aliphatic hydroxyl groups is 1. The summed E-state index contributed by atoms with van der Waals surface area (Å²) in [5.41, 5.74) is 1.37. The molecule has 2 aliphatic heterocycles. The minimum absolute atomic E-state index is 0.0673. The van der Waals surface area contributed by atoms with Gasteiger partial charge >= 0.3 is 0 Å². The molecule has 0 spiro atoms. The lowest BCUT2D eigenvalue weighted by Gasteiger charge is -2.32. The van der Waals surface area contributed by atoms with Gasteiger partial charge in [-0.1, -0.05) is 12.1 Å². The van der Waals surface area contributed by atoms with Crippen molar-refractivity contribution in [3.63, 3.8) is 0 Å². The van der Waals surface area contributed by atoms with E-state index in [1.807, 2.05) is 0 Å². The summed E-state index contributed by atoms with van der Waals surface area (Å²) in [5, 5.41) is 26.3. The summed E-state index contributed by atoms with van der Waals surface area (Å²) in [7, 11) is -2.08. The Kier molecular flexibility index (Phi) is 6.13. The number of fused-ring (bicyclic) bond motifs is 1. The normalized spacial score (nSPS) is 23.0. The third-order valence-electron chi connectivity index (χ3n) is 7.61. The van der Waals surface area contributed by atoms with Gasteiger partial charge in [-0.15, -0.1) is 0 Å². The number of aromatic nitrogens is 2. The first-order valence-electron chi connectivity index (χ1n) is 12.3. The molecule has 0 bridgehead atoms. The summed E-state index contributed by atoms with van der Waals surface area (Å²) in [6.45, 7) is 2.60. The molecule has 5 rings (SSSR count). The van der Waals surface area contributed by atoms with Crippen molar-refractivity contribution in [3.8, 4) is 6.07 Å². The number of amides is 2. The maximum Gasteiger partial charge on any atom is 0.272 e. The molecule has 37 heavy (non-hydrogen) atoms. The number of nitriles is 1. The molecule has 1 aromatic heterocycles. The third-order valence-corrected chi connectivity index (χ3v) is 10.2. The predicted octanol–water partition coefficient (Wildman–Crippen LogP) is 0.539. The van der Waals surface area contributed by atoms with Gasteiger partial charge in [0.1, 0.15) is 10.4 Å². The number of nitrogens with zero attached hydrogens (tertiary/aromatic N) is 5. The van der Waals surface area contributed by atoms with Gasteiger partial charge in [0, 0.05) is 45.3 Å². The zero-order chi connectivity index (χ0) is 26.6. The van der Waals surface area contributed by atoms with Crippen LogP contribution in [0.15, 0.2) is 24.3 Å². The van der Waals surface area contributed by atoms with Crippen LogP contribution in [0.4, 0.5) is 0 Å². The number of aryl methyl sites for hydroxylation is 1. The number of hydrogen-bond donors (Lipinski definition) is 2. The number of sulfonamides is 1. The smallest absolute Gasteiger partial charge is 0.272 e. The van der Waals surface area contributed by atoms with Gasteiger partial charge in [0.25, 0.3) is 11.8 Å². The largest absolute Gasteiger partial charge is 0.389 e. The molecule has 0 radical (unpaired) electrons. The average molecular weight is 527 g/mol. The highest BCUT2D eigenvalue weighted by molar-refractivity contribution is 7.90. The van der Waals surface area contributed by atoms with Crippen LogP contribution in [0.5, 0.6) is 0 Å². The fourth-order valence-corrected chi connectivity index (χ4v) is 7.50. The molecular weight excluding hydrogens is 496 g/mol. The molecule has 1 saturated carbocycles. The van der Waals surface area contributed by atoms with Crippen LogP contribution in [0.2, 0.25) is 0 Å². The molecule has 2 N–H and O–H groups in total. The van der Waals surface area contributed by atoms with E-state index in [1.165, 1.54) is 8.99 Å². The van der Waals surface area contributed by atoms with Crippen molar-refractivity contribution in [2.24, 2.45) is 7.05 Å². The van der Waals surface area contributed by atoms with E-state index in [2.05, 4.69) is 16.5 Å². The SMILES string of the molecule is Cn1nc(C(=O)NCc2ccc(C#N)cc2)c2c1C(=O)N(CC1(S(=O)(=O)N3CC[C@@](C)(O)C3)CC1)CC2. The molecule has 1 saturated heterocycles. The Hall–Kier alpha value is -3.27. The average Bonchev–Trinajstić information content (AvgIpc) is 3.45. The van der Waals surface area contributed by atoms with Crippen LogP contribution in [0, 0.1) is 11.3 Å². The van der Waals surface area contributed by atoms with Crippen LogP contribution in [0.25, 0.3) is 0 Å². The van der Waals surface area contributed by atoms with Gasteiger partial charge in [-0.25, -0.2) is 8.42 Å². The van der Waals surface area contributed by atoms with E-state index in [4.69, 9.17) is 5.26 Å². The van der Waals surface area contributed by atoms with Gasteiger partial charge in [-0.2, -0.15) is 14.7 Å². The molecule has 3 aliphatic rings. The molecule has 1 aromatic carbocycles. The third kappa shape index (κ3) is 4.52. The Labute approximate surface area is 215 Å². The Bertz CT molecular complexity index is 1400. The van der Waals surface area contributed by atoms with Crippen molar-refractivity contribution in [2.45, 2.75) is 49.5 Å². The zero-order valence-corrected chi connectivity index (χ0v) is 21.7. The van der Waals surface area contributed by atoms with Crippen molar-refractivity contribution in [1.29, 1.82) is 5.26 Å². The molecule has 0 unspecified atom stereocenters. The number of rotatable bonds is 7. The van der Waals surface area contributed by atoms with E-state index in [-0.39, 0.29) is 37.8 Å². The first-order valence-corrected chi connectivity index (χ1v) is 13.7. The van der Waals surface area contributed by atoms with Crippen molar-refractivity contribution in [1.82, 2.24) is 24.3 Å². The standard InChI is InChI=1S/C25H30N6O5S/c1-24(34)10-12-31(15-24)37(35,36)25(8-9-25)16-30-11-7-19-20(28-29(2)21(19)23(30)33)22(32)27-14-18-5-3-17(13-26)4-6-18/h3-6,34H,7-12,14-16H2,1-2H3,(H,27,32)/t24-/m1/s1. The Morgan fingerprint density at radius 2 is 1.92 bits per heavy atom. The maximum atomic E-state index is 13.4. The highest BCUT2D eigenvalue weighted by Crippen LogP contribution is 2.47. The lowest BCUT2D eigenvalue weighted by molar-refractivity contribution is 0.0715. The minimum Gasteiger partial charge on any atom is -0.389 e. The summed E-state index contributed by atoms with van der Waals surface area (Å²) in [6, 6.07) is 8.93. The topological polar surface area (TPSA) is 149 Å². The Morgan fingerprint density at radius 3 is 2.51 bits per heavy atom. The van der Waals surface area contributed by atoms with Crippen molar-refractivity contribution >= 4 is 21.8 Å². The fraction of sp³-hybridized carbons (Fsp3) is 0.520. The lowest BCUT2D eigenvalue weighted by atomic mass is 10.0. The second-order valence-electron chi connectivity index (χ2n) is 10.5. The van der Waals surface area contributed by atoms with Crippen LogP contribution in [0.3, 0.4) is 0 Å². The molecule has 1 atom stereocenters. The van der Waals surface area contributed by atoms with Gasteiger partial charge in [0.05, 0.1) is 17.2 Å². The zero-order valence-electron chi connectivity index (χ0n) is 20.9. The molecule has 2 fully saturated rings. The van der Waals surface area contributed by atoms with Crippen LogP contribution in [-0.2, 0) is 30.0 Å². The summed E-state index contributed by atoms with van der Waals surface area (Å²) >= 11 is 0. The van der Waals surface area contributed by atoms with Gasteiger partial charge < -0.3 is 15.3 Å². The number of β-amino-alcohol motifs (C(OH)–C–C–N with tert-alkyl or cyclic N) is 1. The second kappa shape index (κ2) is 8.93. The number of nitrogens with one attached hydrogen (secondary N) is 1. The fourth-order valence-electron chi connectivity index (χ4n) is 5.23. The van der Waals surface area contributed by atoms with Crippen molar-refractivity contribution in [2.75, 3.05) is 26.2 Å². The van der Waals surface area contributed by atoms with Crippen LogP contribution in [0.1, 0.15) is 63.9 Å². The van der Waals surface area contributed by atoms with E-state index in [0.29, 0.717) is 49.0 Å². The molecular formula is C25H30N6O5S. The first-order chi connectivity index (χ1) is 17.5.